The van der Waals surface area contributed by atoms with Gasteiger partial charge in [0.25, 0.3) is 5.91 Å². The van der Waals surface area contributed by atoms with E-state index in [0.29, 0.717) is 5.69 Å². The number of amides is 1. The first-order valence-electron chi connectivity index (χ1n) is 4.58. The summed E-state index contributed by atoms with van der Waals surface area (Å²) in [5.74, 6) is -0.268. The van der Waals surface area contributed by atoms with Gasteiger partial charge in [0.1, 0.15) is 0 Å². The number of rotatable bonds is 2. The number of aromatic nitrogens is 3. The number of anilines is 1. The number of carbonyl (C=O) groups excluding carboxylic acids is 1. The highest BCUT2D eigenvalue weighted by molar-refractivity contribution is 9.10. The van der Waals surface area contributed by atoms with Crippen molar-refractivity contribution in [3.8, 4) is 0 Å². The van der Waals surface area contributed by atoms with Gasteiger partial charge in [-0.15, -0.1) is 5.10 Å². The summed E-state index contributed by atoms with van der Waals surface area (Å²) in [5, 5.41) is 10.1. The van der Waals surface area contributed by atoms with E-state index < -0.39 is 0 Å². The minimum Gasteiger partial charge on any atom is -0.321 e. The van der Waals surface area contributed by atoms with E-state index in [4.69, 9.17) is 0 Å². The maximum absolute atomic E-state index is 11.7. The summed E-state index contributed by atoms with van der Waals surface area (Å²) < 4.78 is 2.45. The Morgan fingerprint density at radius 1 is 1.38 bits per heavy atom. The minimum atomic E-state index is -0.268. The number of aryl methyl sites for hydroxylation is 1. The molecule has 0 aliphatic heterocycles. The zero-order valence-corrected chi connectivity index (χ0v) is 10.1. The number of nitrogens with one attached hydrogen (secondary N) is 1. The minimum absolute atomic E-state index is 0.268. The van der Waals surface area contributed by atoms with Crippen LogP contribution in [-0.4, -0.2) is 20.9 Å². The van der Waals surface area contributed by atoms with E-state index in [-0.39, 0.29) is 5.91 Å². The summed E-state index contributed by atoms with van der Waals surface area (Å²) in [7, 11) is 1.71. The van der Waals surface area contributed by atoms with Crippen LogP contribution >= 0.6 is 15.9 Å². The van der Waals surface area contributed by atoms with E-state index in [9.17, 15) is 4.79 Å². The molecule has 1 N–H and O–H groups in total. The van der Waals surface area contributed by atoms with Crippen LogP contribution in [0, 0.1) is 0 Å². The van der Waals surface area contributed by atoms with Gasteiger partial charge in [-0.1, -0.05) is 21.1 Å². The highest BCUT2D eigenvalue weighted by atomic mass is 79.9. The highest BCUT2D eigenvalue weighted by Crippen LogP contribution is 2.14. The molecule has 0 aliphatic rings. The van der Waals surface area contributed by atoms with Crippen LogP contribution in [-0.2, 0) is 7.05 Å². The second-order valence-corrected chi connectivity index (χ2v) is 4.15. The SMILES string of the molecule is Cn1cc(C(=O)Nc2ccc(Br)cc2)nn1. The van der Waals surface area contributed by atoms with Crippen LogP contribution in [0.4, 0.5) is 5.69 Å². The molecule has 0 radical (unpaired) electrons. The third-order valence-corrected chi connectivity index (χ3v) is 2.47. The molecule has 2 rings (SSSR count). The van der Waals surface area contributed by atoms with Crippen molar-refractivity contribution in [2.24, 2.45) is 7.05 Å². The fourth-order valence-corrected chi connectivity index (χ4v) is 1.44. The summed E-state index contributed by atoms with van der Waals surface area (Å²) >= 11 is 3.32. The first kappa shape index (κ1) is 10.8. The molecule has 1 heterocycles. The lowest BCUT2D eigenvalue weighted by atomic mass is 10.3. The zero-order valence-electron chi connectivity index (χ0n) is 8.51. The monoisotopic (exact) mass is 280 g/mol. The second kappa shape index (κ2) is 4.44. The summed E-state index contributed by atoms with van der Waals surface area (Å²) in [6, 6.07) is 7.31. The number of benzene rings is 1. The van der Waals surface area contributed by atoms with Gasteiger partial charge in [-0.05, 0) is 24.3 Å². The molecule has 82 valence electrons. The molecule has 2 aromatic rings. The van der Waals surface area contributed by atoms with Crippen molar-refractivity contribution in [1.29, 1.82) is 0 Å². The Bertz CT molecular complexity index is 506. The van der Waals surface area contributed by atoms with Gasteiger partial charge in [0.15, 0.2) is 5.69 Å². The lowest BCUT2D eigenvalue weighted by Gasteiger charge is -2.02. The number of hydrogen-bond donors (Lipinski definition) is 1. The Balaban J connectivity index is 2.10. The van der Waals surface area contributed by atoms with Crippen LogP contribution in [0.3, 0.4) is 0 Å². The van der Waals surface area contributed by atoms with Gasteiger partial charge in [-0.3, -0.25) is 9.48 Å². The molecule has 0 atom stereocenters. The van der Waals surface area contributed by atoms with Gasteiger partial charge in [0.2, 0.25) is 0 Å². The normalized spacial score (nSPS) is 10.1. The van der Waals surface area contributed by atoms with Crippen molar-refractivity contribution in [1.82, 2.24) is 15.0 Å². The molecule has 0 unspecified atom stereocenters. The van der Waals surface area contributed by atoms with Gasteiger partial charge < -0.3 is 5.32 Å². The molecule has 5 nitrogen and oxygen atoms in total. The smallest absolute Gasteiger partial charge is 0.277 e. The number of nitrogens with zero attached hydrogens (tertiary/aromatic N) is 3. The van der Waals surface area contributed by atoms with Crippen LogP contribution < -0.4 is 5.32 Å². The Morgan fingerprint density at radius 2 is 2.06 bits per heavy atom. The summed E-state index contributed by atoms with van der Waals surface area (Å²) in [4.78, 5) is 11.7. The lowest BCUT2D eigenvalue weighted by molar-refractivity contribution is 0.102. The van der Waals surface area contributed by atoms with Crippen LogP contribution in [0.15, 0.2) is 34.9 Å². The van der Waals surface area contributed by atoms with Gasteiger partial charge in [0.05, 0.1) is 6.20 Å². The second-order valence-electron chi connectivity index (χ2n) is 3.24. The first-order valence-corrected chi connectivity index (χ1v) is 5.38. The molecule has 0 saturated heterocycles. The van der Waals surface area contributed by atoms with E-state index in [1.54, 1.807) is 25.4 Å². The van der Waals surface area contributed by atoms with Crippen LogP contribution in [0.25, 0.3) is 0 Å². The van der Waals surface area contributed by atoms with E-state index in [1.807, 2.05) is 12.1 Å². The molecule has 0 bridgehead atoms. The van der Waals surface area contributed by atoms with Gasteiger partial charge in [0, 0.05) is 17.2 Å². The summed E-state index contributed by atoms with van der Waals surface area (Å²) in [6.07, 6.45) is 1.56. The van der Waals surface area contributed by atoms with Crippen molar-refractivity contribution < 1.29 is 4.79 Å². The number of halogens is 1. The van der Waals surface area contributed by atoms with Crippen LogP contribution in [0.5, 0.6) is 0 Å². The number of carbonyl (C=O) groups is 1. The summed E-state index contributed by atoms with van der Waals surface area (Å²) in [5.41, 5.74) is 1.02. The first-order chi connectivity index (χ1) is 7.65. The van der Waals surface area contributed by atoms with Gasteiger partial charge in [-0.25, -0.2) is 0 Å². The van der Waals surface area contributed by atoms with Crippen molar-refractivity contribution >= 4 is 27.5 Å². The Kier molecular flexibility index (Phi) is 3.00. The van der Waals surface area contributed by atoms with E-state index in [2.05, 4.69) is 31.6 Å². The lowest BCUT2D eigenvalue weighted by Crippen LogP contribution is -2.12. The van der Waals surface area contributed by atoms with Crippen molar-refractivity contribution in [2.45, 2.75) is 0 Å². The van der Waals surface area contributed by atoms with Crippen LogP contribution in [0.2, 0.25) is 0 Å². The molecular formula is C10H9BrN4O. The largest absolute Gasteiger partial charge is 0.321 e. The average Bonchev–Trinajstić information content (AvgIpc) is 2.68. The highest BCUT2D eigenvalue weighted by Gasteiger charge is 2.09. The maximum atomic E-state index is 11.7. The standard InChI is InChI=1S/C10H9BrN4O/c1-15-6-9(13-14-15)10(16)12-8-4-2-7(11)3-5-8/h2-6H,1H3,(H,12,16). The molecule has 1 amide bonds. The predicted octanol–water partition coefficient (Wildman–Crippen LogP) is 1.83. The number of hydrogen-bond acceptors (Lipinski definition) is 3. The van der Waals surface area contributed by atoms with Crippen LogP contribution in [0.1, 0.15) is 10.5 Å². The Hall–Kier alpha value is -1.69. The topological polar surface area (TPSA) is 59.8 Å². The molecule has 0 aliphatic carbocycles. The van der Waals surface area contributed by atoms with E-state index in [0.717, 1.165) is 10.2 Å². The zero-order chi connectivity index (χ0) is 11.5. The molecule has 0 spiro atoms. The average molecular weight is 281 g/mol. The van der Waals surface area contributed by atoms with Crippen molar-refractivity contribution in [2.75, 3.05) is 5.32 Å². The van der Waals surface area contributed by atoms with E-state index in [1.165, 1.54) is 4.68 Å². The van der Waals surface area contributed by atoms with Crippen molar-refractivity contribution in [3.63, 3.8) is 0 Å². The Morgan fingerprint density at radius 3 is 2.62 bits per heavy atom. The van der Waals surface area contributed by atoms with Gasteiger partial charge in [-0.2, -0.15) is 0 Å². The fourth-order valence-electron chi connectivity index (χ4n) is 1.18. The van der Waals surface area contributed by atoms with Crippen molar-refractivity contribution in [3.05, 3.63) is 40.6 Å². The fraction of sp³-hybridized carbons (Fsp3) is 0.100. The molecule has 1 aromatic heterocycles. The Labute approximate surface area is 101 Å². The molecule has 6 heteroatoms. The molecule has 0 saturated carbocycles. The molecule has 1 aromatic carbocycles. The summed E-state index contributed by atoms with van der Waals surface area (Å²) in [6.45, 7) is 0. The molecule has 16 heavy (non-hydrogen) atoms. The quantitative estimate of drug-likeness (QED) is 0.913. The third kappa shape index (κ3) is 2.46. The molecule has 0 fully saturated rings. The molecular weight excluding hydrogens is 272 g/mol. The maximum Gasteiger partial charge on any atom is 0.277 e. The van der Waals surface area contributed by atoms with Gasteiger partial charge >= 0.3 is 0 Å². The van der Waals surface area contributed by atoms with E-state index >= 15 is 0 Å². The third-order valence-electron chi connectivity index (χ3n) is 1.94. The predicted molar refractivity (Wildman–Crippen MR) is 63.1 cm³/mol.